The molecule has 3 nitrogen and oxygen atoms in total. The van der Waals surface area contributed by atoms with Crippen molar-refractivity contribution in [2.24, 2.45) is 28.6 Å². The quantitative estimate of drug-likeness (QED) is 0.800. The second-order valence-corrected chi connectivity index (χ2v) is 9.06. The van der Waals surface area contributed by atoms with Crippen LogP contribution in [0.2, 0.25) is 0 Å². The highest BCUT2D eigenvalue weighted by Crippen LogP contribution is 2.66. The van der Waals surface area contributed by atoms with Gasteiger partial charge in [0.05, 0.1) is 5.60 Å². The Morgan fingerprint density at radius 3 is 2.67 bits per heavy atom. The summed E-state index contributed by atoms with van der Waals surface area (Å²) in [7, 11) is 0. The fourth-order valence-corrected chi connectivity index (χ4v) is 6.62. The summed E-state index contributed by atoms with van der Waals surface area (Å²) in [5.41, 5.74) is 0.0254. The van der Waals surface area contributed by atoms with Gasteiger partial charge in [-0.25, -0.2) is 0 Å². The highest BCUT2D eigenvalue weighted by atomic mass is 16.3. The maximum atomic E-state index is 12.2. The molecule has 130 valence electrons. The van der Waals surface area contributed by atoms with Crippen LogP contribution in [0, 0.1) is 28.6 Å². The Morgan fingerprint density at radius 1 is 1.21 bits per heavy atom. The second kappa shape index (κ2) is 4.91. The molecule has 0 aromatic carbocycles. The molecule has 0 bridgehead atoms. The Kier molecular flexibility index (Phi) is 3.32. The first kappa shape index (κ1) is 16.3. The lowest BCUT2D eigenvalue weighted by molar-refractivity contribution is -0.166. The number of hydrogen-bond donors (Lipinski definition) is 1. The predicted octanol–water partition coefficient (Wildman–Crippen LogP) is 3.61. The summed E-state index contributed by atoms with van der Waals surface area (Å²) in [6.45, 7) is 6.09. The van der Waals surface area contributed by atoms with Crippen LogP contribution in [0.25, 0.3) is 0 Å². The number of carbonyl (C=O) groups excluding carboxylic acids is 2. The molecule has 0 unspecified atom stereocenters. The van der Waals surface area contributed by atoms with Crippen LogP contribution >= 0.6 is 0 Å². The van der Waals surface area contributed by atoms with Gasteiger partial charge < -0.3 is 5.11 Å². The fourth-order valence-electron chi connectivity index (χ4n) is 6.62. The van der Waals surface area contributed by atoms with Gasteiger partial charge in [-0.3, -0.25) is 9.59 Å². The molecule has 2 saturated carbocycles. The molecule has 24 heavy (non-hydrogen) atoms. The van der Waals surface area contributed by atoms with Gasteiger partial charge in [-0.15, -0.1) is 0 Å². The summed E-state index contributed by atoms with van der Waals surface area (Å²) in [5, 5.41) is 11.8. The summed E-state index contributed by atoms with van der Waals surface area (Å²) < 4.78 is 0. The van der Waals surface area contributed by atoms with E-state index >= 15 is 0 Å². The summed E-state index contributed by atoms with van der Waals surface area (Å²) in [4.78, 5) is 24.0. The number of fused-ring (bicyclic) bond motifs is 5. The van der Waals surface area contributed by atoms with Gasteiger partial charge in [-0.2, -0.15) is 0 Å². The summed E-state index contributed by atoms with van der Waals surface area (Å²) in [6.07, 6.45) is 11.0. The van der Waals surface area contributed by atoms with Crippen molar-refractivity contribution in [2.45, 2.75) is 64.9 Å². The molecular formula is C21H28O3. The van der Waals surface area contributed by atoms with E-state index in [1.54, 1.807) is 6.92 Å². The normalized spacial score (nSPS) is 49.9. The van der Waals surface area contributed by atoms with E-state index in [9.17, 15) is 14.7 Å². The highest BCUT2D eigenvalue weighted by molar-refractivity contribution is 5.92. The van der Waals surface area contributed by atoms with Crippen LogP contribution in [0.3, 0.4) is 0 Å². The van der Waals surface area contributed by atoms with Gasteiger partial charge in [0.15, 0.2) is 5.78 Å². The van der Waals surface area contributed by atoms with E-state index in [0.29, 0.717) is 18.8 Å². The molecule has 0 aromatic rings. The van der Waals surface area contributed by atoms with Crippen molar-refractivity contribution in [1.82, 2.24) is 0 Å². The topological polar surface area (TPSA) is 54.4 Å². The molecule has 2 fully saturated rings. The largest absolute Gasteiger partial charge is 0.389 e. The van der Waals surface area contributed by atoms with E-state index in [1.807, 2.05) is 6.08 Å². The molecule has 4 aliphatic rings. The summed E-state index contributed by atoms with van der Waals surface area (Å²) in [6, 6.07) is 0. The molecule has 0 spiro atoms. The SMILES string of the molecule is CC(=O)[C@H]1CC[C@@]2(O)[C@@H]3C=CC4=CC(=O)CC[C@]4(C)[C@H]3CC[C@]12C. The van der Waals surface area contributed by atoms with Gasteiger partial charge in [0.25, 0.3) is 0 Å². The number of aliphatic hydroxyl groups is 1. The summed E-state index contributed by atoms with van der Waals surface area (Å²) in [5.74, 6) is 0.889. The maximum absolute atomic E-state index is 12.2. The van der Waals surface area contributed by atoms with Crippen molar-refractivity contribution >= 4 is 11.6 Å². The predicted molar refractivity (Wildman–Crippen MR) is 92.2 cm³/mol. The van der Waals surface area contributed by atoms with Gasteiger partial charge in [0.2, 0.25) is 0 Å². The van der Waals surface area contributed by atoms with Crippen molar-refractivity contribution in [2.75, 3.05) is 0 Å². The third-order valence-electron chi connectivity index (χ3n) is 8.19. The van der Waals surface area contributed by atoms with Gasteiger partial charge in [0, 0.05) is 23.7 Å². The Balaban J connectivity index is 1.79. The van der Waals surface area contributed by atoms with E-state index in [2.05, 4.69) is 26.0 Å². The minimum Gasteiger partial charge on any atom is -0.389 e. The molecule has 3 heteroatoms. The van der Waals surface area contributed by atoms with Crippen molar-refractivity contribution in [3.63, 3.8) is 0 Å². The Morgan fingerprint density at radius 2 is 1.96 bits per heavy atom. The Bertz CT molecular complexity index is 675. The van der Waals surface area contributed by atoms with Gasteiger partial charge in [0.1, 0.15) is 5.78 Å². The number of hydrogen-bond acceptors (Lipinski definition) is 3. The lowest BCUT2D eigenvalue weighted by Crippen LogP contribution is -2.60. The average molecular weight is 328 g/mol. The average Bonchev–Trinajstić information content (AvgIpc) is 2.80. The van der Waals surface area contributed by atoms with Crippen molar-refractivity contribution in [3.05, 3.63) is 23.8 Å². The van der Waals surface area contributed by atoms with Crippen LogP contribution in [0.4, 0.5) is 0 Å². The van der Waals surface area contributed by atoms with E-state index in [-0.39, 0.29) is 34.2 Å². The minimum absolute atomic E-state index is 0.0152. The molecule has 4 rings (SSSR count). The lowest BCUT2D eigenvalue weighted by atomic mass is 9.47. The van der Waals surface area contributed by atoms with Crippen LogP contribution in [-0.4, -0.2) is 22.3 Å². The molecule has 0 radical (unpaired) electrons. The number of rotatable bonds is 1. The van der Waals surface area contributed by atoms with E-state index in [1.165, 1.54) is 0 Å². The molecular weight excluding hydrogens is 300 g/mol. The first-order valence-electron chi connectivity index (χ1n) is 9.38. The zero-order valence-corrected chi connectivity index (χ0v) is 15.0. The van der Waals surface area contributed by atoms with Crippen molar-refractivity contribution in [1.29, 1.82) is 0 Å². The maximum Gasteiger partial charge on any atom is 0.156 e. The smallest absolute Gasteiger partial charge is 0.156 e. The molecule has 1 N–H and O–H groups in total. The standard InChI is InChI=1S/C21H28O3/c1-13(22)16-8-11-21(24)18-5-4-14-12-15(23)6-9-19(14,2)17(18)7-10-20(16,21)3/h4-5,12,16-18,24H,6-11H2,1-3H3/t16-,17+,18-,19+,20-,21-/m1/s1. The molecule has 4 aliphatic carbocycles. The molecule has 0 aliphatic heterocycles. The molecule has 0 heterocycles. The second-order valence-electron chi connectivity index (χ2n) is 9.06. The van der Waals surface area contributed by atoms with Crippen molar-refractivity contribution in [3.8, 4) is 0 Å². The first-order valence-corrected chi connectivity index (χ1v) is 9.38. The molecule has 0 saturated heterocycles. The number of carbonyl (C=O) groups is 2. The highest BCUT2D eigenvalue weighted by Gasteiger charge is 2.66. The lowest BCUT2D eigenvalue weighted by Gasteiger charge is -2.59. The third-order valence-corrected chi connectivity index (χ3v) is 8.19. The molecule has 0 aromatic heterocycles. The molecule has 6 atom stereocenters. The zero-order chi connectivity index (χ0) is 17.3. The first-order chi connectivity index (χ1) is 11.2. The minimum atomic E-state index is -0.793. The van der Waals surface area contributed by atoms with Crippen LogP contribution < -0.4 is 0 Å². The van der Waals surface area contributed by atoms with Gasteiger partial charge in [-0.1, -0.05) is 26.0 Å². The van der Waals surface area contributed by atoms with Crippen LogP contribution in [0.1, 0.15) is 59.3 Å². The van der Waals surface area contributed by atoms with E-state index < -0.39 is 5.60 Å². The monoisotopic (exact) mass is 328 g/mol. The van der Waals surface area contributed by atoms with Crippen LogP contribution in [0.15, 0.2) is 23.8 Å². The zero-order valence-electron chi connectivity index (χ0n) is 15.0. The van der Waals surface area contributed by atoms with E-state index in [4.69, 9.17) is 0 Å². The third kappa shape index (κ3) is 1.82. The van der Waals surface area contributed by atoms with Gasteiger partial charge in [-0.05, 0) is 62.0 Å². The van der Waals surface area contributed by atoms with E-state index in [0.717, 1.165) is 31.3 Å². The number of ketones is 2. The van der Waals surface area contributed by atoms with Crippen LogP contribution in [-0.2, 0) is 9.59 Å². The Hall–Kier alpha value is -1.22. The Labute approximate surface area is 144 Å². The van der Waals surface area contributed by atoms with Gasteiger partial charge >= 0.3 is 0 Å². The number of Topliss-reactive ketones (excluding diaryl/α,β-unsaturated/α-hetero) is 1. The fraction of sp³-hybridized carbons (Fsp3) is 0.714. The van der Waals surface area contributed by atoms with Crippen molar-refractivity contribution < 1.29 is 14.7 Å². The summed E-state index contributed by atoms with van der Waals surface area (Å²) >= 11 is 0. The molecule has 0 amide bonds. The van der Waals surface area contributed by atoms with Crippen LogP contribution in [0.5, 0.6) is 0 Å². The number of allylic oxidation sites excluding steroid dienone is 3.